The van der Waals surface area contributed by atoms with Gasteiger partial charge in [0, 0.05) is 19.0 Å². The van der Waals surface area contributed by atoms with E-state index in [0.29, 0.717) is 18.0 Å². The Hall–Kier alpha value is -2.62. The van der Waals surface area contributed by atoms with Gasteiger partial charge in [-0.3, -0.25) is 9.59 Å². The molecule has 1 aliphatic carbocycles. The highest BCUT2D eigenvalue weighted by Crippen LogP contribution is 2.34. The van der Waals surface area contributed by atoms with Crippen molar-refractivity contribution >= 4 is 11.8 Å². The second kappa shape index (κ2) is 10.1. The summed E-state index contributed by atoms with van der Waals surface area (Å²) in [6, 6.07) is 18.1. The lowest BCUT2D eigenvalue weighted by Crippen LogP contribution is -2.34. The molecule has 1 fully saturated rings. The summed E-state index contributed by atoms with van der Waals surface area (Å²) in [5.74, 6) is 0.454. The first kappa shape index (κ1) is 20.1. The Kier molecular flexibility index (Phi) is 7.24. The van der Waals surface area contributed by atoms with E-state index in [2.05, 4.69) is 22.8 Å². The third-order valence-corrected chi connectivity index (χ3v) is 5.57. The number of rotatable bonds is 7. The van der Waals surface area contributed by atoms with E-state index < -0.39 is 0 Å². The molecule has 4 heteroatoms. The Morgan fingerprint density at radius 2 is 1.64 bits per heavy atom. The van der Waals surface area contributed by atoms with E-state index in [4.69, 9.17) is 0 Å². The van der Waals surface area contributed by atoms with Crippen molar-refractivity contribution in [2.75, 3.05) is 6.54 Å². The monoisotopic (exact) mass is 378 g/mol. The van der Waals surface area contributed by atoms with Crippen molar-refractivity contribution in [2.24, 2.45) is 5.92 Å². The summed E-state index contributed by atoms with van der Waals surface area (Å²) in [6.07, 6.45) is 6.88. The molecule has 28 heavy (non-hydrogen) atoms. The van der Waals surface area contributed by atoms with Gasteiger partial charge in [0.1, 0.15) is 0 Å². The van der Waals surface area contributed by atoms with E-state index >= 15 is 0 Å². The molecular formula is C24H30N2O2. The first-order valence-electron chi connectivity index (χ1n) is 10.3. The van der Waals surface area contributed by atoms with E-state index in [1.165, 1.54) is 44.6 Å². The predicted octanol–water partition coefficient (Wildman–Crippen LogP) is 4.42. The number of benzene rings is 2. The quantitative estimate of drug-likeness (QED) is 0.749. The molecule has 1 saturated carbocycles. The standard InChI is InChI=1S/C24H30N2O2/c1-18(27)25-17-16-19-12-14-22(15-13-19)24(28)26-23(20-8-4-2-5-9-20)21-10-6-3-7-11-21/h2,4-5,8-9,12-15,21,23H,3,6-7,10-11,16-17H2,1H3,(H,25,27)(H,26,28). The summed E-state index contributed by atoms with van der Waals surface area (Å²) < 4.78 is 0. The van der Waals surface area contributed by atoms with Crippen LogP contribution in [-0.2, 0) is 11.2 Å². The van der Waals surface area contributed by atoms with E-state index in [9.17, 15) is 9.59 Å². The third-order valence-electron chi connectivity index (χ3n) is 5.57. The molecule has 0 aliphatic heterocycles. The van der Waals surface area contributed by atoms with Gasteiger partial charge < -0.3 is 10.6 Å². The molecule has 1 unspecified atom stereocenters. The SMILES string of the molecule is CC(=O)NCCc1ccc(C(=O)NC(c2ccccc2)C2CCCCC2)cc1. The Bertz CT molecular complexity index is 765. The molecule has 0 aromatic heterocycles. The summed E-state index contributed by atoms with van der Waals surface area (Å²) in [5, 5.41) is 6.09. The van der Waals surface area contributed by atoms with E-state index in [1.54, 1.807) is 0 Å². The number of carbonyl (C=O) groups excluding carboxylic acids is 2. The highest BCUT2D eigenvalue weighted by molar-refractivity contribution is 5.94. The van der Waals surface area contributed by atoms with Gasteiger partial charge in [-0.2, -0.15) is 0 Å². The number of hydrogen-bond donors (Lipinski definition) is 2. The van der Waals surface area contributed by atoms with Gasteiger partial charge in [0.05, 0.1) is 6.04 Å². The van der Waals surface area contributed by atoms with Gasteiger partial charge in [-0.15, -0.1) is 0 Å². The van der Waals surface area contributed by atoms with Crippen LogP contribution in [0.25, 0.3) is 0 Å². The number of nitrogens with one attached hydrogen (secondary N) is 2. The second-order valence-electron chi connectivity index (χ2n) is 7.69. The Morgan fingerprint density at radius 3 is 2.29 bits per heavy atom. The number of carbonyl (C=O) groups is 2. The molecule has 2 N–H and O–H groups in total. The van der Waals surface area contributed by atoms with Crippen LogP contribution in [0, 0.1) is 5.92 Å². The summed E-state index contributed by atoms with van der Waals surface area (Å²) in [4.78, 5) is 23.9. The Labute approximate surface area is 167 Å². The van der Waals surface area contributed by atoms with Crippen LogP contribution in [0.5, 0.6) is 0 Å². The Morgan fingerprint density at radius 1 is 0.964 bits per heavy atom. The molecule has 3 rings (SSSR count). The van der Waals surface area contributed by atoms with Gasteiger partial charge in [0.25, 0.3) is 5.91 Å². The van der Waals surface area contributed by atoms with Gasteiger partial charge in [-0.25, -0.2) is 0 Å². The van der Waals surface area contributed by atoms with Crippen molar-refractivity contribution in [3.63, 3.8) is 0 Å². The van der Waals surface area contributed by atoms with Crippen LogP contribution < -0.4 is 10.6 Å². The first-order valence-corrected chi connectivity index (χ1v) is 10.3. The number of amides is 2. The zero-order chi connectivity index (χ0) is 19.8. The fourth-order valence-electron chi connectivity index (χ4n) is 4.03. The first-order chi connectivity index (χ1) is 13.6. The normalized spacial score (nSPS) is 15.6. The van der Waals surface area contributed by atoms with Gasteiger partial charge in [0.2, 0.25) is 5.91 Å². The van der Waals surface area contributed by atoms with Crippen LogP contribution in [0.1, 0.15) is 66.6 Å². The third kappa shape index (κ3) is 5.69. The largest absolute Gasteiger partial charge is 0.356 e. The Balaban J connectivity index is 1.66. The smallest absolute Gasteiger partial charge is 0.251 e. The molecule has 0 spiro atoms. The minimum absolute atomic E-state index is 0.0205. The minimum atomic E-state index is -0.0225. The second-order valence-corrected chi connectivity index (χ2v) is 7.69. The van der Waals surface area contributed by atoms with E-state index in [1.807, 2.05) is 42.5 Å². The molecule has 0 bridgehead atoms. The van der Waals surface area contributed by atoms with Crippen LogP contribution in [0.4, 0.5) is 0 Å². The molecule has 1 aliphatic rings. The van der Waals surface area contributed by atoms with Gasteiger partial charge in [0.15, 0.2) is 0 Å². The topological polar surface area (TPSA) is 58.2 Å². The fourth-order valence-corrected chi connectivity index (χ4v) is 4.03. The van der Waals surface area contributed by atoms with Crippen LogP contribution >= 0.6 is 0 Å². The fraction of sp³-hybridized carbons (Fsp3) is 0.417. The average Bonchev–Trinajstić information content (AvgIpc) is 2.73. The van der Waals surface area contributed by atoms with Crippen molar-refractivity contribution in [1.29, 1.82) is 0 Å². The highest BCUT2D eigenvalue weighted by Gasteiger charge is 2.26. The molecule has 148 valence electrons. The lowest BCUT2D eigenvalue weighted by Gasteiger charge is -2.31. The van der Waals surface area contributed by atoms with Crippen LogP contribution in [-0.4, -0.2) is 18.4 Å². The lowest BCUT2D eigenvalue weighted by molar-refractivity contribution is -0.118. The maximum absolute atomic E-state index is 12.9. The summed E-state index contributed by atoms with van der Waals surface area (Å²) in [5.41, 5.74) is 2.98. The molecule has 0 radical (unpaired) electrons. The summed E-state index contributed by atoms with van der Waals surface area (Å²) in [7, 11) is 0. The average molecular weight is 379 g/mol. The van der Waals surface area contributed by atoms with Crippen molar-refractivity contribution in [3.05, 3.63) is 71.3 Å². The van der Waals surface area contributed by atoms with Gasteiger partial charge in [-0.05, 0) is 48.4 Å². The summed E-state index contributed by atoms with van der Waals surface area (Å²) >= 11 is 0. The van der Waals surface area contributed by atoms with Crippen molar-refractivity contribution in [2.45, 2.75) is 51.5 Å². The van der Waals surface area contributed by atoms with Crippen molar-refractivity contribution in [1.82, 2.24) is 10.6 Å². The van der Waals surface area contributed by atoms with Gasteiger partial charge in [-0.1, -0.05) is 61.7 Å². The zero-order valence-corrected chi connectivity index (χ0v) is 16.6. The molecule has 0 heterocycles. The number of hydrogen-bond acceptors (Lipinski definition) is 2. The molecule has 4 nitrogen and oxygen atoms in total. The van der Waals surface area contributed by atoms with E-state index in [0.717, 1.165) is 12.0 Å². The molecule has 2 aromatic rings. The van der Waals surface area contributed by atoms with Crippen molar-refractivity contribution in [3.8, 4) is 0 Å². The zero-order valence-electron chi connectivity index (χ0n) is 16.6. The summed E-state index contributed by atoms with van der Waals surface area (Å²) in [6.45, 7) is 2.13. The van der Waals surface area contributed by atoms with Crippen LogP contribution in [0.15, 0.2) is 54.6 Å². The van der Waals surface area contributed by atoms with Crippen molar-refractivity contribution < 1.29 is 9.59 Å². The predicted molar refractivity (Wildman–Crippen MR) is 112 cm³/mol. The lowest BCUT2D eigenvalue weighted by atomic mass is 9.81. The van der Waals surface area contributed by atoms with E-state index in [-0.39, 0.29) is 17.9 Å². The molecule has 2 aromatic carbocycles. The molecule has 0 saturated heterocycles. The molecule has 2 amide bonds. The molecule has 1 atom stereocenters. The highest BCUT2D eigenvalue weighted by atomic mass is 16.2. The van der Waals surface area contributed by atoms with Gasteiger partial charge >= 0.3 is 0 Å². The maximum Gasteiger partial charge on any atom is 0.251 e. The maximum atomic E-state index is 12.9. The molecular weight excluding hydrogens is 348 g/mol. The minimum Gasteiger partial charge on any atom is -0.356 e. The van der Waals surface area contributed by atoms with Crippen LogP contribution in [0.2, 0.25) is 0 Å². The van der Waals surface area contributed by atoms with Crippen LogP contribution in [0.3, 0.4) is 0 Å².